The molecular weight excluding hydrogens is 164 g/mol. The molecule has 68 valence electrons. The molecule has 0 radical (unpaired) electrons. The summed E-state index contributed by atoms with van der Waals surface area (Å²) in [4.78, 5) is 0. The van der Waals surface area contributed by atoms with Crippen LogP contribution >= 0.6 is 0 Å². The number of hydrogen-bond donors (Lipinski definition) is 0. The number of hydrogen-bond acceptors (Lipinski definition) is 4. The Morgan fingerprint density at radius 3 is 2.23 bits per heavy atom. The standard InChI is InChI=1S/C9H12N4/c1-3-7-5-9(13-11-7)8-4-6(2)10-12-8/h3-5H2,1-2H3. The van der Waals surface area contributed by atoms with E-state index in [1.165, 1.54) is 0 Å². The molecule has 4 heteroatoms. The summed E-state index contributed by atoms with van der Waals surface area (Å²) in [6, 6.07) is 0. The van der Waals surface area contributed by atoms with E-state index in [1.807, 2.05) is 6.92 Å². The molecule has 2 rings (SSSR count). The first kappa shape index (κ1) is 8.29. The van der Waals surface area contributed by atoms with Gasteiger partial charge in [-0.15, -0.1) is 0 Å². The van der Waals surface area contributed by atoms with E-state index < -0.39 is 0 Å². The van der Waals surface area contributed by atoms with Gasteiger partial charge >= 0.3 is 0 Å². The molecule has 0 N–H and O–H groups in total. The lowest BCUT2D eigenvalue weighted by Crippen LogP contribution is -2.14. The van der Waals surface area contributed by atoms with Gasteiger partial charge in [0.1, 0.15) is 0 Å². The minimum Gasteiger partial charge on any atom is -0.160 e. The molecule has 2 aliphatic heterocycles. The SMILES string of the molecule is CCC1=NN=C(C2=NN=C(C)C2)C1. The van der Waals surface area contributed by atoms with Crippen molar-refractivity contribution in [3.05, 3.63) is 0 Å². The van der Waals surface area contributed by atoms with Crippen LogP contribution in [0.1, 0.15) is 33.1 Å². The Bertz CT molecular complexity index is 347. The summed E-state index contributed by atoms with van der Waals surface area (Å²) in [6.07, 6.45) is 2.67. The van der Waals surface area contributed by atoms with Gasteiger partial charge in [-0.05, 0) is 13.3 Å². The fourth-order valence-corrected chi connectivity index (χ4v) is 1.37. The van der Waals surface area contributed by atoms with Crippen LogP contribution in [0.5, 0.6) is 0 Å². The smallest absolute Gasteiger partial charge is 0.0924 e. The summed E-state index contributed by atoms with van der Waals surface area (Å²) in [5, 5.41) is 16.2. The van der Waals surface area contributed by atoms with Gasteiger partial charge in [0.15, 0.2) is 0 Å². The van der Waals surface area contributed by atoms with Crippen LogP contribution in [0.25, 0.3) is 0 Å². The van der Waals surface area contributed by atoms with Crippen LogP contribution in [0.3, 0.4) is 0 Å². The van der Waals surface area contributed by atoms with Crippen LogP contribution in [-0.2, 0) is 0 Å². The van der Waals surface area contributed by atoms with Gasteiger partial charge in [0.25, 0.3) is 0 Å². The molecule has 0 aromatic heterocycles. The summed E-state index contributed by atoms with van der Waals surface area (Å²) < 4.78 is 0. The molecule has 13 heavy (non-hydrogen) atoms. The predicted octanol–water partition coefficient (Wildman–Crippen LogP) is 1.82. The molecular formula is C9H12N4. The Balaban J connectivity index is 2.01. The lowest BCUT2D eigenvalue weighted by molar-refractivity contribution is 1.20. The third kappa shape index (κ3) is 1.56. The minimum atomic E-state index is 0.839. The largest absolute Gasteiger partial charge is 0.160 e. The molecule has 0 spiro atoms. The minimum absolute atomic E-state index is 0.839. The Kier molecular flexibility index (Phi) is 2.04. The molecule has 0 saturated heterocycles. The molecule has 0 aliphatic carbocycles. The lowest BCUT2D eigenvalue weighted by atomic mass is 10.0. The van der Waals surface area contributed by atoms with E-state index in [-0.39, 0.29) is 0 Å². The Morgan fingerprint density at radius 1 is 1.00 bits per heavy atom. The number of rotatable bonds is 2. The highest BCUT2D eigenvalue weighted by molar-refractivity contribution is 6.49. The fraction of sp³-hybridized carbons (Fsp3) is 0.556. The second-order valence-electron chi connectivity index (χ2n) is 3.30. The van der Waals surface area contributed by atoms with Crippen molar-refractivity contribution < 1.29 is 0 Å². The summed E-state index contributed by atoms with van der Waals surface area (Å²) in [5.74, 6) is 0. The van der Waals surface area contributed by atoms with Gasteiger partial charge in [-0.1, -0.05) is 6.92 Å². The quantitative estimate of drug-likeness (QED) is 0.616. The van der Waals surface area contributed by atoms with Crippen molar-refractivity contribution in [1.29, 1.82) is 0 Å². The topological polar surface area (TPSA) is 49.4 Å². The van der Waals surface area contributed by atoms with Crippen LogP contribution in [0.15, 0.2) is 20.4 Å². The normalized spacial score (nSPS) is 21.1. The summed E-state index contributed by atoms with van der Waals surface area (Å²) in [6.45, 7) is 4.07. The van der Waals surface area contributed by atoms with Gasteiger partial charge in [-0.2, -0.15) is 20.4 Å². The fourth-order valence-electron chi connectivity index (χ4n) is 1.37. The van der Waals surface area contributed by atoms with Crippen molar-refractivity contribution in [3.63, 3.8) is 0 Å². The average molecular weight is 176 g/mol. The molecule has 0 aromatic rings. The van der Waals surface area contributed by atoms with Crippen molar-refractivity contribution in [3.8, 4) is 0 Å². The molecule has 2 heterocycles. The second kappa shape index (κ2) is 3.20. The van der Waals surface area contributed by atoms with Crippen LogP contribution in [0.2, 0.25) is 0 Å². The van der Waals surface area contributed by atoms with Crippen LogP contribution < -0.4 is 0 Å². The first-order chi connectivity index (χ1) is 6.29. The van der Waals surface area contributed by atoms with E-state index in [9.17, 15) is 0 Å². The molecule has 0 amide bonds. The highest BCUT2D eigenvalue weighted by atomic mass is 15.3. The first-order valence-electron chi connectivity index (χ1n) is 4.52. The third-order valence-corrected chi connectivity index (χ3v) is 2.19. The van der Waals surface area contributed by atoms with Crippen LogP contribution in [0, 0.1) is 0 Å². The molecule has 0 bridgehead atoms. The summed E-state index contributed by atoms with van der Waals surface area (Å²) in [7, 11) is 0. The molecule has 0 saturated carbocycles. The van der Waals surface area contributed by atoms with Gasteiger partial charge < -0.3 is 0 Å². The monoisotopic (exact) mass is 176 g/mol. The van der Waals surface area contributed by atoms with Gasteiger partial charge in [-0.3, -0.25) is 0 Å². The zero-order chi connectivity index (χ0) is 9.26. The zero-order valence-electron chi connectivity index (χ0n) is 7.91. The molecule has 2 aliphatic rings. The summed E-state index contributed by atoms with van der Waals surface area (Å²) in [5.41, 5.74) is 4.19. The lowest BCUT2D eigenvalue weighted by Gasteiger charge is -1.96. The van der Waals surface area contributed by atoms with E-state index in [0.29, 0.717) is 0 Å². The molecule has 0 fully saturated rings. The molecule has 4 nitrogen and oxygen atoms in total. The van der Waals surface area contributed by atoms with Crippen molar-refractivity contribution in [1.82, 2.24) is 0 Å². The van der Waals surface area contributed by atoms with Crippen molar-refractivity contribution in [2.75, 3.05) is 0 Å². The molecule has 0 aromatic carbocycles. The van der Waals surface area contributed by atoms with Crippen LogP contribution in [-0.4, -0.2) is 22.8 Å². The Morgan fingerprint density at radius 2 is 1.69 bits per heavy atom. The van der Waals surface area contributed by atoms with Gasteiger partial charge in [0.2, 0.25) is 0 Å². The van der Waals surface area contributed by atoms with Gasteiger partial charge in [-0.25, -0.2) is 0 Å². The number of nitrogens with zero attached hydrogens (tertiary/aromatic N) is 4. The van der Waals surface area contributed by atoms with Crippen LogP contribution in [0.4, 0.5) is 0 Å². The summed E-state index contributed by atoms with van der Waals surface area (Å²) >= 11 is 0. The van der Waals surface area contributed by atoms with Crippen molar-refractivity contribution >= 4 is 22.8 Å². The molecule has 0 unspecified atom stereocenters. The molecule has 0 atom stereocenters. The van der Waals surface area contributed by atoms with Gasteiger partial charge in [0, 0.05) is 24.3 Å². The van der Waals surface area contributed by atoms with E-state index in [0.717, 1.165) is 42.1 Å². The average Bonchev–Trinajstić information content (AvgIpc) is 2.71. The maximum absolute atomic E-state index is 4.10. The highest BCUT2D eigenvalue weighted by Gasteiger charge is 2.19. The predicted molar refractivity (Wildman–Crippen MR) is 54.9 cm³/mol. The van der Waals surface area contributed by atoms with E-state index in [4.69, 9.17) is 0 Å². The van der Waals surface area contributed by atoms with E-state index in [1.54, 1.807) is 0 Å². The Labute approximate surface area is 77.2 Å². The highest BCUT2D eigenvalue weighted by Crippen LogP contribution is 2.12. The first-order valence-corrected chi connectivity index (χ1v) is 4.52. The van der Waals surface area contributed by atoms with Gasteiger partial charge in [0.05, 0.1) is 11.4 Å². The zero-order valence-corrected chi connectivity index (χ0v) is 7.91. The van der Waals surface area contributed by atoms with Crippen molar-refractivity contribution in [2.24, 2.45) is 20.4 Å². The van der Waals surface area contributed by atoms with E-state index >= 15 is 0 Å². The second-order valence-corrected chi connectivity index (χ2v) is 3.30. The maximum atomic E-state index is 4.10. The van der Waals surface area contributed by atoms with E-state index in [2.05, 4.69) is 27.3 Å². The Hall–Kier alpha value is -1.32. The van der Waals surface area contributed by atoms with Crippen molar-refractivity contribution in [2.45, 2.75) is 33.1 Å². The maximum Gasteiger partial charge on any atom is 0.0924 e. The third-order valence-electron chi connectivity index (χ3n) is 2.19.